The summed E-state index contributed by atoms with van der Waals surface area (Å²) in [5, 5.41) is 15.1. The van der Waals surface area contributed by atoms with Gasteiger partial charge in [-0.05, 0) is 42.5 Å². The molecular formula is C43H26N6. The predicted molar refractivity (Wildman–Crippen MR) is 199 cm³/mol. The Bertz CT molecular complexity index is 2860. The van der Waals surface area contributed by atoms with Gasteiger partial charge in [0.2, 0.25) is 0 Å². The van der Waals surface area contributed by atoms with E-state index in [0.29, 0.717) is 0 Å². The summed E-state index contributed by atoms with van der Waals surface area (Å²) in [6.45, 7) is 0. The quantitative estimate of drug-likeness (QED) is 0.182. The van der Waals surface area contributed by atoms with Crippen LogP contribution in [0.25, 0.3) is 94.0 Å². The van der Waals surface area contributed by atoms with Crippen LogP contribution in [-0.4, -0.2) is 29.9 Å². The van der Waals surface area contributed by atoms with Crippen LogP contribution in [-0.2, 0) is 0 Å². The fourth-order valence-electron chi connectivity index (χ4n) is 6.90. The van der Waals surface area contributed by atoms with Crippen LogP contribution in [0.5, 0.6) is 0 Å². The molecule has 0 aliphatic carbocycles. The van der Waals surface area contributed by atoms with Gasteiger partial charge in [-0.15, -0.1) is 10.2 Å². The largest absolute Gasteiger partial charge is 0.247 e. The molecule has 0 aliphatic rings. The minimum atomic E-state index is 0.813. The molecule has 0 saturated heterocycles. The first-order valence-electron chi connectivity index (χ1n) is 16.3. The maximum absolute atomic E-state index is 5.35. The number of hydrogen-bond acceptors (Lipinski definition) is 5. The average molecular weight is 627 g/mol. The molecule has 4 aromatic heterocycles. The molecule has 6 heteroatoms. The fourth-order valence-corrected chi connectivity index (χ4v) is 6.90. The number of pyridine rings is 3. The lowest BCUT2D eigenvalue weighted by Crippen LogP contribution is -1.97. The number of benzene rings is 6. The Morgan fingerprint density at radius 3 is 1.76 bits per heavy atom. The number of aromatic nitrogens is 6. The maximum atomic E-state index is 5.35. The SMILES string of the molecule is c1ccc(-c2ccc3ccc4ccc(-c5cccc6nc(-c7ccccc7)c7ccc8nn(-c9ccccc9)nc8c7c56)nc4c3n2)cc1. The van der Waals surface area contributed by atoms with Gasteiger partial charge >= 0.3 is 0 Å². The lowest BCUT2D eigenvalue weighted by atomic mass is 9.94. The van der Waals surface area contributed by atoms with Crippen LogP contribution in [0.2, 0.25) is 0 Å². The molecule has 0 atom stereocenters. The Hall–Kier alpha value is -6.79. The first kappa shape index (κ1) is 27.3. The average Bonchev–Trinajstić information content (AvgIpc) is 3.63. The maximum Gasteiger partial charge on any atom is 0.122 e. The summed E-state index contributed by atoms with van der Waals surface area (Å²) < 4.78 is 0. The number of hydrogen-bond donors (Lipinski definition) is 0. The zero-order valence-electron chi connectivity index (χ0n) is 26.2. The van der Waals surface area contributed by atoms with Gasteiger partial charge in [-0.3, -0.25) is 0 Å². The normalized spacial score (nSPS) is 11.7. The van der Waals surface area contributed by atoms with E-state index in [-0.39, 0.29) is 0 Å². The van der Waals surface area contributed by atoms with Crippen molar-refractivity contribution in [3.8, 4) is 39.5 Å². The summed E-state index contributed by atoms with van der Waals surface area (Å²) in [5.41, 5.74) is 10.9. The molecule has 10 rings (SSSR count). The van der Waals surface area contributed by atoms with Crippen molar-refractivity contribution in [3.63, 3.8) is 0 Å². The standard InChI is InChI=1S/C43H26N6/c1-4-11-27(12-5-1)34-24-21-29-19-20-30-22-25-35(45-42(30)41(29)44-34)32-17-10-18-36-38(32)39-33(40(46-36)28-13-6-2-7-14-28)23-26-37-43(39)48-49(47-37)31-15-8-3-9-16-31/h1-26H. The molecule has 0 radical (unpaired) electrons. The van der Waals surface area contributed by atoms with Gasteiger partial charge in [0.1, 0.15) is 11.0 Å². The number of para-hydroxylation sites is 1. The third kappa shape index (κ3) is 4.46. The number of fused-ring (bicyclic) bond motifs is 8. The monoisotopic (exact) mass is 626 g/mol. The fraction of sp³-hybridized carbons (Fsp3) is 0. The first-order valence-corrected chi connectivity index (χ1v) is 16.3. The summed E-state index contributed by atoms with van der Waals surface area (Å²) in [6.07, 6.45) is 0. The number of nitrogens with zero attached hydrogens (tertiary/aromatic N) is 6. The van der Waals surface area contributed by atoms with Crippen molar-refractivity contribution < 1.29 is 0 Å². The van der Waals surface area contributed by atoms with Gasteiger partial charge in [0.25, 0.3) is 0 Å². The highest BCUT2D eigenvalue weighted by atomic mass is 15.5. The Balaban J connectivity index is 1.28. The van der Waals surface area contributed by atoms with E-state index in [1.165, 1.54) is 0 Å². The van der Waals surface area contributed by atoms with E-state index < -0.39 is 0 Å². The van der Waals surface area contributed by atoms with Crippen molar-refractivity contribution in [1.82, 2.24) is 29.9 Å². The van der Waals surface area contributed by atoms with E-state index in [1.807, 2.05) is 72.8 Å². The van der Waals surface area contributed by atoms with Gasteiger partial charge in [-0.1, -0.05) is 115 Å². The van der Waals surface area contributed by atoms with Gasteiger partial charge in [0.05, 0.1) is 39.3 Å². The predicted octanol–water partition coefficient (Wildman–Crippen LogP) is 10.2. The molecule has 0 N–H and O–H groups in total. The molecule has 0 spiro atoms. The lowest BCUT2D eigenvalue weighted by Gasteiger charge is -2.14. The van der Waals surface area contributed by atoms with E-state index in [1.54, 1.807) is 4.80 Å². The van der Waals surface area contributed by atoms with Crippen molar-refractivity contribution >= 4 is 54.5 Å². The Labute approximate surface area is 281 Å². The molecular weight excluding hydrogens is 601 g/mol. The van der Waals surface area contributed by atoms with Gasteiger partial charge in [-0.2, -0.15) is 4.80 Å². The van der Waals surface area contributed by atoms with Crippen LogP contribution in [0, 0.1) is 0 Å². The van der Waals surface area contributed by atoms with Crippen LogP contribution in [0.4, 0.5) is 0 Å². The van der Waals surface area contributed by atoms with Crippen LogP contribution >= 0.6 is 0 Å². The smallest absolute Gasteiger partial charge is 0.122 e. The summed E-state index contributed by atoms with van der Waals surface area (Å²) in [6, 6.07) is 53.8. The molecule has 4 heterocycles. The van der Waals surface area contributed by atoms with Crippen LogP contribution in [0.3, 0.4) is 0 Å². The molecule has 0 fully saturated rings. The van der Waals surface area contributed by atoms with Crippen LogP contribution in [0.15, 0.2) is 158 Å². The third-order valence-electron chi connectivity index (χ3n) is 9.23. The molecule has 49 heavy (non-hydrogen) atoms. The van der Waals surface area contributed by atoms with Crippen molar-refractivity contribution in [2.45, 2.75) is 0 Å². The van der Waals surface area contributed by atoms with Crippen molar-refractivity contribution in [3.05, 3.63) is 158 Å². The molecule has 228 valence electrons. The summed E-state index contributed by atoms with van der Waals surface area (Å²) in [4.78, 5) is 17.5. The lowest BCUT2D eigenvalue weighted by molar-refractivity contribution is 0.766. The summed E-state index contributed by atoms with van der Waals surface area (Å²) in [7, 11) is 0. The molecule has 0 unspecified atom stereocenters. The zero-order valence-corrected chi connectivity index (χ0v) is 26.2. The topological polar surface area (TPSA) is 69.4 Å². The van der Waals surface area contributed by atoms with E-state index >= 15 is 0 Å². The second-order valence-corrected chi connectivity index (χ2v) is 12.2. The third-order valence-corrected chi connectivity index (χ3v) is 9.23. The molecule has 6 nitrogen and oxygen atoms in total. The highest BCUT2D eigenvalue weighted by Crippen LogP contribution is 2.40. The number of rotatable bonds is 4. The molecule has 0 bridgehead atoms. The molecule has 0 aliphatic heterocycles. The minimum absolute atomic E-state index is 0.813. The molecule has 0 saturated carbocycles. The zero-order chi connectivity index (χ0) is 32.3. The Kier molecular flexibility index (Phi) is 6.08. The Morgan fingerprint density at radius 2 is 1.02 bits per heavy atom. The molecule has 6 aromatic carbocycles. The van der Waals surface area contributed by atoms with Crippen LogP contribution in [0.1, 0.15) is 0 Å². The van der Waals surface area contributed by atoms with Gasteiger partial charge in [-0.25, -0.2) is 15.0 Å². The van der Waals surface area contributed by atoms with Crippen molar-refractivity contribution in [2.24, 2.45) is 0 Å². The summed E-state index contributed by atoms with van der Waals surface area (Å²) >= 11 is 0. The van der Waals surface area contributed by atoms with E-state index in [4.69, 9.17) is 25.1 Å². The minimum Gasteiger partial charge on any atom is -0.247 e. The Morgan fingerprint density at radius 1 is 0.388 bits per heavy atom. The van der Waals surface area contributed by atoms with Crippen molar-refractivity contribution in [1.29, 1.82) is 0 Å². The first-order chi connectivity index (χ1) is 24.3. The van der Waals surface area contributed by atoms with Gasteiger partial charge < -0.3 is 0 Å². The van der Waals surface area contributed by atoms with Gasteiger partial charge in [0, 0.05) is 43.6 Å². The molecule has 0 amide bonds. The highest BCUT2D eigenvalue weighted by Gasteiger charge is 2.20. The summed E-state index contributed by atoms with van der Waals surface area (Å²) in [5.74, 6) is 0. The van der Waals surface area contributed by atoms with E-state index in [9.17, 15) is 0 Å². The second kappa shape index (κ2) is 10.9. The van der Waals surface area contributed by atoms with Gasteiger partial charge in [0.15, 0.2) is 0 Å². The second-order valence-electron chi connectivity index (χ2n) is 12.2. The molecule has 10 aromatic rings. The highest BCUT2D eigenvalue weighted by molar-refractivity contribution is 6.24. The van der Waals surface area contributed by atoms with Crippen LogP contribution < -0.4 is 0 Å². The van der Waals surface area contributed by atoms with E-state index in [0.717, 1.165) is 94.0 Å². The van der Waals surface area contributed by atoms with E-state index in [2.05, 4.69) is 84.9 Å². The van der Waals surface area contributed by atoms with Crippen molar-refractivity contribution in [2.75, 3.05) is 0 Å².